The highest BCUT2D eigenvalue weighted by Gasteiger charge is 2.19. The molecule has 0 amide bonds. The molecule has 1 aromatic carbocycles. The minimum Gasteiger partial charge on any atom is -0.496 e. The molecule has 0 aliphatic carbocycles. The molecule has 0 aliphatic rings. The monoisotopic (exact) mass is 210 g/mol. The van der Waals surface area contributed by atoms with Crippen LogP contribution in [0.1, 0.15) is 31.9 Å². The molecule has 1 aromatic rings. The maximum absolute atomic E-state index is 5.32. The molecule has 0 spiro atoms. The molecule has 0 saturated carbocycles. The molecule has 0 radical (unpaired) electrons. The Kier molecular flexibility index (Phi) is 3.48. The fourth-order valence-electron chi connectivity index (χ4n) is 1.45. The van der Waals surface area contributed by atoms with Gasteiger partial charge in [0.25, 0.3) is 0 Å². The van der Waals surface area contributed by atoms with E-state index in [0.29, 0.717) is 0 Å². The van der Waals surface area contributed by atoms with Gasteiger partial charge in [0.2, 0.25) is 0 Å². The smallest absolute Gasteiger partial charge is 0.123 e. The first-order valence-electron chi connectivity index (χ1n) is 4.88. The van der Waals surface area contributed by atoms with Crippen LogP contribution in [0.4, 0.5) is 0 Å². The Hall–Kier alpha value is -0.630. The molecule has 0 atom stereocenters. The molecule has 0 aromatic heterocycles. The van der Waals surface area contributed by atoms with Gasteiger partial charge >= 0.3 is 0 Å². The summed E-state index contributed by atoms with van der Waals surface area (Å²) in [6.07, 6.45) is 1.04. The number of thiol groups is 1. The summed E-state index contributed by atoms with van der Waals surface area (Å²) in [7, 11) is 1.70. The van der Waals surface area contributed by atoms with Crippen LogP contribution in [0.5, 0.6) is 5.75 Å². The molecule has 14 heavy (non-hydrogen) atoms. The molecule has 78 valence electrons. The summed E-state index contributed by atoms with van der Waals surface area (Å²) in [6, 6.07) is 6.29. The summed E-state index contributed by atoms with van der Waals surface area (Å²) in [4.78, 5) is 0. The van der Waals surface area contributed by atoms with E-state index in [4.69, 9.17) is 4.74 Å². The number of benzene rings is 1. The highest BCUT2D eigenvalue weighted by Crippen LogP contribution is 2.35. The van der Waals surface area contributed by atoms with Gasteiger partial charge in [-0.3, -0.25) is 0 Å². The molecule has 0 fully saturated rings. The first kappa shape index (κ1) is 11.4. The van der Waals surface area contributed by atoms with Crippen molar-refractivity contribution < 1.29 is 4.74 Å². The van der Waals surface area contributed by atoms with Crippen LogP contribution < -0.4 is 4.74 Å². The number of ether oxygens (including phenoxy) is 1. The van der Waals surface area contributed by atoms with Crippen LogP contribution in [0.25, 0.3) is 0 Å². The Balaban J connectivity index is 3.22. The molecule has 0 N–H and O–H groups in total. The molecule has 1 nitrogen and oxygen atoms in total. The number of rotatable bonds is 3. The van der Waals surface area contributed by atoms with Gasteiger partial charge in [0.05, 0.1) is 7.11 Å². The fraction of sp³-hybridized carbons (Fsp3) is 0.500. The third-order valence-corrected chi connectivity index (χ3v) is 2.57. The van der Waals surface area contributed by atoms with Crippen LogP contribution in [-0.2, 0) is 11.2 Å². The molecular weight excluding hydrogens is 192 g/mol. The SMILES string of the molecule is CCc1ccc(OC)c(C(C)(C)S)c1. The molecule has 2 heteroatoms. The van der Waals surface area contributed by atoms with Gasteiger partial charge in [-0.15, -0.1) is 0 Å². The number of hydrogen-bond acceptors (Lipinski definition) is 2. The summed E-state index contributed by atoms with van der Waals surface area (Å²) in [5.74, 6) is 0.919. The van der Waals surface area contributed by atoms with Crippen LogP contribution in [0.2, 0.25) is 0 Å². The Labute approximate surface area is 91.9 Å². The van der Waals surface area contributed by atoms with Crippen molar-refractivity contribution in [3.05, 3.63) is 29.3 Å². The molecule has 0 unspecified atom stereocenters. The van der Waals surface area contributed by atoms with E-state index < -0.39 is 0 Å². The standard InChI is InChI=1S/C12H18OS/c1-5-9-6-7-11(13-4)10(8-9)12(2,3)14/h6-8,14H,5H2,1-4H3. The van der Waals surface area contributed by atoms with Gasteiger partial charge in [-0.25, -0.2) is 0 Å². The first-order valence-corrected chi connectivity index (χ1v) is 5.33. The van der Waals surface area contributed by atoms with Crippen LogP contribution in [-0.4, -0.2) is 7.11 Å². The summed E-state index contributed by atoms with van der Waals surface area (Å²) in [5.41, 5.74) is 2.48. The van der Waals surface area contributed by atoms with Crippen LogP contribution in [0.3, 0.4) is 0 Å². The number of hydrogen-bond donors (Lipinski definition) is 1. The van der Waals surface area contributed by atoms with Crippen LogP contribution in [0.15, 0.2) is 18.2 Å². The molecule has 0 bridgehead atoms. The average molecular weight is 210 g/mol. The van der Waals surface area contributed by atoms with E-state index in [2.05, 4.69) is 45.5 Å². The third-order valence-electron chi connectivity index (χ3n) is 2.33. The van der Waals surface area contributed by atoms with E-state index in [1.165, 1.54) is 5.56 Å². The number of methoxy groups -OCH3 is 1. The van der Waals surface area contributed by atoms with Crippen LogP contribution >= 0.6 is 12.6 Å². The third kappa shape index (κ3) is 2.44. The van der Waals surface area contributed by atoms with Gasteiger partial charge in [-0.1, -0.05) is 19.1 Å². The average Bonchev–Trinajstić information content (AvgIpc) is 2.15. The van der Waals surface area contributed by atoms with Crippen molar-refractivity contribution in [3.63, 3.8) is 0 Å². The maximum Gasteiger partial charge on any atom is 0.123 e. The lowest BCUT2D eigenvalue weighted by Gasteiger charge is -2.21. The van der Waals surface area contributed by atoms with Crippen molar-refractivity contribution in [1.82, 2.24) is 0 Å². The topological polar surface area (TPSA) is 9.23 Å². The summed E-state index contributed by atoms with van der Waals surface area (Å²) < 4.78 is 5.17. The van der Waals surface area contributed by atoms with E-state index in [-0.39, 0.29) is 4.75 Å². The Morgan fingerprint density at radius 3 is 2.43 bits per heavy atom. The van der Waals surface area contributed by atoms with Crippen molar-refractivity contribution in [2.75, 3.05) is 7.11 Å². The second-order valence-electron chi connectivity index (χ2n) is 3.95. The normalized spacial score (nSPS) is 11.5. The predicted molar refractivity (Wildman–Crippen MR) is 64.4 cm³/mol. The maximum atomic E-state index is 5.32. The van der Waals surface area contributed by atoms with Crippen molar-refractivity contribution in [2.45, 2.75) is 31.9 Å². The molecular formula is C12H18OS. The second-order valence-corrected chi connectivity index (χ2v) is 5.07. The van der Waals surface area contributed by atoms with Crippen molar-refractivity contribution >= 4 is 12.6 Å². The highest BCUT2D eigenvalue weighted by atomic mass is 32.1. The summed E-state index contributed by atoms with van der Waals surface area (Å²) in [6.45, 7) is 6.30. The van der Waals surface area contributed by atoms with Gasteiger partial charge in [-0.05, 0) is 31.9 Å². The van der Waals surface area contributed by atoms with Gasteiger partial charge in [0, 0.05) is 10.3 Å². The number of aryl methyl sites for hydroxylation is 1. The van der Waals surface area contributed by atoms with Gasteiger partial charge in [0.15, 0.2) is 0 Å². The van der Waals surface area contributed by atoms with Crippen molar-refractivity contribution in [1.29, 1.82) is 0 Å². The summed E-state index contributed by atoms with van der Waals surface area (Å²) in [5, 5.41) is 0. The van der Waals surface area contributed by atoms with E-state index in [0.717, 1.165) is 17.7 Å². The van der Waals surface area contributed by atoms with E-state index in [1.807, 2.05) is 6.07 Å². The predicted octanol–water partition coefficient (Wildman–Crippen LogP) is 3.42. The van der Waals surface area contributed by atoms with E-state index in [9.17, 15) is 0 Å². The lowest BCUT2D eigenvalue weighted by Crippen LogP contribution is -2.10. The zero-order chi connectivity index (χ0) is 10.8. The van der Waals surface area contributed by atoms with Crippen molar-refractivity contribution in [3.8, 4) is 5.75 Å². The first-order chi connectivity index (χ1) is 6.49. The van der Waals surface area contributed by atoms with Gasteiger partial charge < -0.3 is 4.74 Å². The van der Waals surface area contributed by atoms with Gasteiger partial charge in [0.1, 0.15) is 5.75 Å². The van der Waals surface area contributed by atoms with Crippen molar-refractivity contribution in [2.24, 2.45) is 0 Å². The largest absolute Gasteiger partial charge is 0.496 e. The molecule has 1 rings (SSSR count). The Morgan fingerprint density at radius 1 is 1.36 bits per heavy atom. The second kappa shape index (κ2) is 4.26. The zero-order valence-electron chi connectivity index (χ0n) is 9.29. The minimum atomic E-state index is -0.156. The molecule has 0 saturated heterocycles. The quantitative estimate of drug-likeness (QED) is 0.752. The summed E-state index contributed by atoms with van der Waals surface area (Å²) >= 11 is 4.57. The van der Waals surface area contributed by atoms with Crippen LogP contribution in [0, 0.1) is 0 Å². The fourth-order valence-corrected chi connectivity index (χ4v) is 1.63. The lowest BCUT2D eigenvalue weighted by atomic mass is 9.98. The Bertz CT molecular complexity index is 313. The lowest BCUT2D eigenvalue weighted by molar-refractivity contribution is 0.405. The van der Waals surface area contributed by atoms with E-state index in [1.54, 1.807) is 7.11 Å². The minimum absolute atomic E-state index is 0.156. The molecule has 0 heterocycles. The Morgan fingerprint density at radius 2 is 2.00 bits per heavy atom. The zero-order valence-corrected chi connectivity index (χ0v) is 10.2. The molecule has 0 aliphatic heterocycles. The highest BCUT2D eigenvalue weighted by molar-refractivity contribution is 7.81. The van der Waals surface area contributed by atoms with Gasteiger partial charge in [-0.2, -0.15) is 12.6 Å². The van der Waals surface area contributed by atoms with E-state index >= 15 is 0 Å².